The Bertz CT molecular complexity index is 754. The smallest absolute Gasteiger partial charge is 0.165 e. The van der Waals surface area contributed by atoms with Crippen LogP contribution in [0.3, 0.4) is 0 Å². The van der Waals surface area contributed by atoms with Crippen molar-refractivity contribution in [1.29, 1.82) is 0 Å². The van der Waals surface area contributed by atoms with E-state index in [1.807, 2.05) is 6.07 Å². The monoisotopic (exact) mass is 468 g/mol. The standard InChI is InChI=1S/C32H49FO/c1-3-5-7-25-12-14-27(15-13-25)28-16-18-29(19-17-28)30-20-21-32(31(33)22-30)34-23-26-10-8-24(6-4-2)9-11-26/h8,10,20-22,24-29H,3-7,9,11-19,23H2,1-2H3. The second-order valence-electron chi connectivity index (χ2n) is 11.8. The normalized spacial score (nSPS) is 32.0. The number of allylic oxidation sites excluding steroid dienone is 1. The molecule has 4 rings (SSSR count). The summed E-state index contributed by atoms with van der Waals surface area (Å²) in [5, 5.41) is 0. The molecule has 3 aliphatic carbocycles. The summed E-state index contributed by atoms with van der Waals surface area (Å²) in [6.45, 7) is 5.16. The van der Waals surface area contributed by atoms with Crippen LogP contribution in [0.5, 0.6) is 5.75 Å². The molecule has 0 aliphatic heterocycles. The molecule has 0 bridgehead atoms. The Morgan fingerprint density at radius 3 is 2.06 bits per heavy atom. The van der Waals surface area contributed by atoms with Crippen molar-refractivity contribution in [1.82, 2.24) is 0 Å². The number of benzene rings is 1. The van der Waals surface area contributed by atoms with Crippen molar-refractivity contribution in [3.63, 3.8) is 0 Å². The van der Waals surface area contributed by atoms with Gasteiger partial charge in [0.25, 0.3) is 0 Å². The third-order valence-electron chi connectivity index (χ3n) is 9.40. The molecule has 0 saturated heterocycles. The zero-order valence-electron chi connectivity index (χ0n) is 22.0. The maximum absolute atomic E-state index is 14.9. The van der Waals surface area contributed by atoms with E-state index >= 15 is 0 Å². The Balaban J connectivity index is 1.21. The fourth-order valence-electron chi connectivity index (χ4n) is 7.14. The summed E-state index contributed by atoms with van der Waals surface area (Å²) >= 11 is 0. The molecule has 2 fully saturated rings. The number of rotatable bonds is 10. The van der Waals surface area contributed by atoms with Gasteiger partial charge in [-0.05, 0) is 105 Å². The molecule has 34 heavy (non-hydrogen) atoms. The Kier molecular flexibility index (Phi) is 9.95. The van der Waals surface area contributed by atoms with Gasteiger partial charge in [0.1, 0.15) is 0 Å². The van der Waals surface area contributed by atoms with Crippen molar-refractivity contribution in [2.45, 2.75) is 116 Å². The third-order valence-corrected chi connectivity index (χ3v) is 9.40. The van der Waals surface area contributed by atoms with Crippen molar-refractivity contribution in [2.24, 2.45) is 29.6 Å². The Morgan fingerprint density at radius 1 is 0.765 bits per heavy atom. The van der Waals surface area contributed by atoms with Crippen LogP contribution in [0.1, 0.15) is 122 Å². The Hall–Kier alpha value is -1.31. The van der Waals surface area contributed by atoms with E-state index in [0.717, 1.165) is 30.1 Å². The minimum Gasteiger partial charge on any atom is -0.490 e. The van der Waals surface area contributed by atoms with Crippen LogP contribution in [0.15, 0.2) is 30.4 Å². The van der Waals surface area contributed by atoms with Crippen molar-refractivity contribution < 1.29 is 9.13 Å². The van der Waals surface area contributed by atoms with Crippen LogP contribution in [-0.4, -0.2) is 6.61 Å². The number of hydrogen-bond acceptors (Lipinski definition) is 1. The first-order valence-corrected chi connectivity index (χ1v) is 14.8. The summed E-state index contributed by atoms with van der Waals surface area (Å²) in [5.74, 6) is 4.81. The fourth-order valence-corrected chi connectivity index (χ4v) is 7.14. The van der Waals surface area contributed by atoms with Crippen LogP contribution in [0, 0.1) is 35.4 Å². The van der Waals surface area contributed by atoms with Gasteiger partial charge in [0.15, 0.2) is 11.6 Å². The fraction of sp³-hybridized carbons (Fsp3) is 0.750. The average molecular weight is 469 g/mol. The highest BCUT2D eigenvalue weighted by Gasteiger charge is 2.31. The molecule has 0 heterocycles. The predicted molar refractivity (Wildman–Crippen MR) is 142 cm³/mol. The first kappa shape index (κ1) is 25.8. The molecule has 0 amide bonds. The van der Waals surface area contributed by atoms with Crippen molar-refractivity contribution >= 4 is 0 Å². The average Bonchev–Trinajstić information content (AvgIpc) is 2.88. The van der Waals surface area contributed by atoms with E-state index in [2.05, 4.69) is 32.1 Å². The van der Waals surface area contributed by atoms with Gasteiger partial charge in [-0.1, -0.05) is 70.6 Å². The van der Waals surface area contributed by atoms with Crippen LogP contribution in [0.25, 0.3) is 0 Å². The van der Waals surface area contributed by atoms with Crippen LogP contribution in [0.4, 0.5) is 4.39 Å². The molecule has 0 spiro atoms. The van der Waals surface area contributed by atoms with Gasteiger partial charge < -0.3 is 4.74 Å². The molecule has 2 heteroatoms. The maximum atomic E-state index is 14.9. The van der Waals surface area contributed by atoms with Gasteiger partial charge in [-0.2, -0.15) is 0 Å². The van der Waals surface area contributed by atoms with E-state index in [1.165, 1.54) is 95.5 Å². The van der Waals surface area contributed by atoms with E-state index in [9.17, 15) is 4.39 Å². The van der Waals surface area contributed by atoms with Gasteiger partial charge in [-0.3, -0.25) is 0 Å². The summed E-state index contributed by atoms with van der Waals surface area (Å²) in [5.41, 5.74) is 1.19. The topological polar surface area (TPSA) is 9.23 Å². The zero-order chi connectivity index (χ0) is 23.8. The number of halogens is 1. The molecule has 2 atom stereocenters. The van der Waals surface area contributed by atoms with Gasteiger partial charge in [0.05, 0.1) is 6.61 Å². The van der Waals surface area contributed by atoms with E-state index < -0.39 is 0 Å². The van der Waals surface area contributed by atoms with Crippen LogP contribution in [-0.2, 0) is 0 Å². The first-order valence-electron chi connectivity index (χ1n) is 14.8. The summed E-state index contributed by atoms with van der Waals surface area (Å²) in [6.07, 6.45) is 24.8. The summed E-state index contributed by atoms with van der Waals surface area (Å²) in [7, 11) is 0. The molecule has 1 nitrogen and oxygen atoms in total. The molecule has 2 unspecified atom stereocenters. The van der Waals surface area contributed by atoms with E-state index in [0.29, 0.717) is 24.2 Å². The molecule has 1 aromatic carbocycles. The first-order chi connectivity index (χ1) is 16.7. The van der Waals surface area contributed by atoms with Crippen LogP contribution >= 0.6 is 0 Å². The van der Waals surface area contributed by atoms with Gasteiger partial charge in [-0.25, -0.2) is 4.39 Å². The lowest BCUT2D eigenvalue weighted by Crippen LogP contribution is -2.25. The Morgan fingerprint density at radius 2 is 1.44 bits per heavy atom. The molecular formula is C32H49FO. The second-order valence-corrected chi connectivity index (χ2v) is 11.8. The highest BCUT2D eigenvalue weighted by molar-refractivity contribution is 5.31. The predicted octanol–water partition coefficient (Wildman–Crippen LogP) is 9.86. The summed E-state index contributed by atoms with van der Waals surface area (Å²) in [6, 6.07) is 5.80. The lowest BCUT2D eigenvalue weighted by atomic mass is 9.68. The van der Waals surface area contributed by atoms with Gasteiger partial charge in [0, 0.05) is 5.92 Å². The van der Waals surface area contributed by atoms with Crippen LogP contribution in [0.2, 0.25) is 0 Å². The molecule has 0 radical (unpaired) electrons. The quantitative estimate of drug-likeness (QED) is 0.310. The third kappa shape index (κ3) is 7.11. The summed E-state index contributed by atoms with van der Waals surface area (Å²) in [4.78, 5) is 0. The highest BCUT2D eigenvalue weighted by Crippen LogP contribution is 2.45. The van der Waals surface area contributed by atoms with Gasteiger partial charge in [-0.15, -0.1) is 0 Å². The number of ether oxygens (including phenoxy) is 1. The van der Waals surface area contributed by atoms with E-state index in [-0.39, 0.29) is 5.82 Å². The highest BCUT2D eigenvalue weighted by atomic mass is 19.1. The van der Waals surface area contributed by atoms with Gasteiger partial charge in [0.2, 0.25) is 0 Å². The molecule has 1 aromatic rings. The van der Waals surface area contributed by atoms with Crippen molar-refractivity contribution in [3.05, 3.63) is 41.7 Å². The van der Waals surface area contributed by atoms with E-state index in [1.54, 1.807) is 6.07 Å². The maximum Gasteiger partial charge on any atom is 0.165 e. The number of hydrogen-bond donors (Lipinski definition) is 0. The van der Waals surface area contributed by atoms with Crippen LogP contribution < -0.4 is 4.74 Å². The van der Waals surface area contributed by atoms with E-state index in [4.69, 9.17) is 4.74 Å². The molecule has 190 valence electrons. The summed E-state index contributed by atoms with van der Waals surface area (Å²) < 4.78 is 20.8. The molecule has 2 saturated carbocycles. The van der Waals surface area contributed by atoms with Crippen molar-refractivity contribution in [2.75, 3.05) is 6.61 Å². The minimum atomic E-state index is -0.173. The SMILES string of the molecule is CCCCC1CCC(C2CCC(c3ccc(OCC4C=CC(CCC)CC4)c(F)c3)CC2)CC1. The van der Waals surface area contributed by atoms with Gasteiger partial charge >= 0.3 is 0 Å². The molecule has 0 aromatic heterocycles. The Labute approximate surface area is 208 Å². The molecular weight excluding hydrogens is 419 g/mol. The lowest BCUT2D eigenvalue weighted by molar-refractivity contribution is 0.156. The molecule has 0 N–H and O–H groups in total. The number of unbranched alkanes of at least 4 members (excludes halogenated alkanes) is 1. The molecule has 3 aliphatic rings. The largest absolute Gasteiger partial charge is 0.490 e. The lowest BCUT2D eigenvalue weighted by Gasteiger charge is -2.38. The van der Waals surface area contributed by atoms with Crippen molar-refractivity contribution in [3.8, 4) is 5.75 Å². The second kappa shape index (κ2) is 13.1. The minimum absolute atomic E-state index is 0.173. The zero-order valence-corrected chi connectivity index (χ0v) is 22.0.